The first-order chi connectivity index (χ1) is 31.1. The van der Waals surface area contributed by atoms with Gasteiger partial charge in [0, 0.05) is 10.8 Å². The molecule has 2 unspecified atom stereocenters. The van der Waals surface area contributed by atoms with Crippen molar-refractivity contribution < 1.29 is 94.2 Å². The molecule has 7 fully saturated rings. The van der Waals surface area contributed by atoms with E-state index in [1.54, 1.807) is 0 Å². The third-order valence-corrected chi connectivity index (χ3v) is 19.5. The monoisotopic (exact) mass is 956 g/mol. The minimum absolute atomic E-state index is 0.00172. The van der Waals surface area contributed by atoms with Crippen molar-refractivity contribution in [1.29, 1.82) is 0 Å². The third-order valence-electron chi connectivity index (χ3n) is 19.5. The maximum Gasteiger partial charge on any atom is 0.335 e. The summed E-state index contributed by atoms with van der Waals surface area (Å²) >= 11 is 0. The van der Waals surface area contributed by atoms with E-state index in [9.17, 15) is 65.8 Å². The number of fused-ring (bicyclic) bond motifs is 7. The van der Waals surface area contributed by atoms with Gasteiger partial charge < -0.3 is 84.6 Å². The third kappa shape index (κ3) is 7.97. The number of carboxylic acids is 2. The summed E-state index contributed by atoms with van der Waals surface area (Å²) in [5, 5.41) is 119. The molecule has 3 saturated heterocycles. The zero-order valence-electron chi connectivity index (χ0n) is 39.9. The number of aliphatic hydroxyl groups is 9. The van der Waals surface area contributed by atoms with E-state index in [0.29, 0.717) is 12.8 Å². The van der Waals surface area contributed by atoms with Gasteiger partial charge in [0.1, 0.15) is 54.9 Å². The predicted octanol–water partition coefficient (Wildman–Crippen LogP) is 0.797. The van der Waals surface area contributed by atoms with Gasteiger partial charge in [-0.25, -0.2) is 9.59 Å². The summed E-state index contributed by atoms with van der Waals surface area (Å²) in [6.07, 6.45) is -20.4. The lowest BCUT2D eigenvalue weighted by molar-refractivity contribution is -0.393. The Morgan fingerprint density at radius 2 is 1.19 bits per heavy atom. The molecule has 19 heteroatoms. The summed E-state index contributed by atoms with van der Waals surface area (Å²) in [6, 6.07) is 0. The van der Waals surface area contributed by atoms with Crippen molar-refractivity contribution in [3.8, 4) is 0 Å². The number of allylic oxidation sites excluding steroid dienone is 2. The molecule has 0 amide bonds. The van der Waals surface area contributed by atoms with Gasteiger partial charge in [0.15, 0.2) is 31.1 Å². The summed E-state index contributed by atoms with van der Waals surface area (Å²) in [6.45, 7) is 16.9. The molecule has 19 nitrogen and oxygen atoms in total. The average Bonchev–Trinajstić information content (AvgIpc) is 3.25. The normalized spacial score (nSPS) is 55.2. The van der Waals surface area contributed by atoms with Gasteiger partial charge >= 0.3 is 11.9 Å². The molecule has 8 rings (SSSR count). The first-order valence-electron chi connectivity index (χ1n) is 24.2. The molecule has 8 aliphatic rings. The van der Waals surface area contributed by atoms with E-state index in [1.165, 1.54) is 12.5 Å². The highest BCUT2D eigenvalue weighted by molar-refractivity contribution is 5.74. The molecule has 0 aromatic carbocycles. The highest BCUT2D eigenvalue weighted by atomic mass is 16.8. The van der Waals surface area contributed by atoms with Crippen LogP contribution in [0.5, 0.6) is 0 Å². The number of rotatable bonds is 9. The van der Waals surface area contributed by atoms with Gasteiger partial charge in [-0.15, -0.1) is 0 Å². The SMILES string of the molecule is C[C@@H]1O[C@@H](O[C@H]2[C@H](O[C@H]3[C@H](O[C@H]4CC[C@@]5(C)C(CC[C@]6(C)C5CC=C5[C@@H]7CC(C)(C)C[C@@H](O)[C@]7(C)CC[C@]56C)[C@@]4(C)CO)O[C@H](C(=O)O)[C@@H](O)[C@@H]3O)O[C@H](C(=O)O)[C@H](O)[C@@H]2O)[C@H](O)[C@H](O)[C@H]1O. The lowest BCUT2D eigenvalue weighted by Crippen LogP contribution is -2.68. The van der Waals surface area contributed by atoms with E-state index in [-0.39, 0.29) is 57.5 Å². The van der Waals surface area contributed by atoms with Crippen LogP contribution in [0.1, 0.15) is 113 Å². The molecule has 5 aliphatic carbocycles. The number of hydrogen-bond acceptors (Lipinski definition) is 17. The summed E-state index contributed by atoms with van der Waals surface area (Å²) in [5.74, 6) is -3.02. The lowest BCUT2D eigenvalue weighted by Gasteiger charge is -2.72. The second-order valence-corrected chi connectivity index (χ2v) is 23.6. The zero-order valence-corrected chi connectivity index (χ0v) is 39.9. The van der Waals surface area contributed by atoms with Crippen LogP contribution in [-0.4, -0.2) is 179 Å². The first kappa shape index (κ1) is 51.4. The lowest BCUT2D eigenvalue weighted by atomic mass is 9.33. The van der Waals surface area contributed by atoms with Crippen molar-refractivity contribution in [2.24, 2.45) is 50.2 Å². The fourth-order valence-corrected chi connectivity index (χ4v) is 15.1. The van der Waals surface area contributed by atoms with Gasteiger partial charge in [0.2, 0.25) is 0 Å². The summed E-state index contributed by atoms with van der Waals surface area (Å²) < 4.78 is 35.6. The molecule has 0 aromatic heterocycles. The Labute approximate surface area is 391 Å². The Balaban J connectivity index is 1.08. The Hall–Kier alpha value is -1.92. The number of carboxylic acid groups (broad SMARTS) is 2. The van der Waals surface area contributed by atoms with Crippen LogP contribution >= 0.6 is 0 Å². The van der Waals surface area contributed by atoms with Gasteiger partial charge in [-0.1, -0.05) is 60.1 Å². The van der Waals surface area contributed by atoms with Gasteiger partial charge in [0.25, 0.3) is 0 Å². The number of aliphatic hydroxyl groups excluding tert-OH is 9. The molecule has 4 saturated carbocycles. The predicted molar refractivity (Wildman–Crippen MR) is 231 cm³/mol. The van der Waals surface area contributed by atoms with Crippen LogP contribution in [0.4, 0.5) is 0 Å². The van der Waals surface area contributed by atoms with Crippen LogP contribution in [0, 0.1) is 50.2 Å². The minimum Gasteiger partial charge on any atom is -0.479 e. The summed E-state index contributed by atoms with van der Waals surface area (Å²) in [7, 11) is 0. The van der Waals surface area contributed by atoms with E-state index < -0.39 is 116 Å². The first-order valence-corrected chi connectivity index (χ1v) is 24.2. The quantitative estimate of drug-likeness (QED) is 0.112. The fraction of sp³-hybridized carbons (Fsp3) is 0.917. The topological polar surface area (TPSA) is 312 Å². The standard InChI is InChI=1S/C48H76O19/c1-20-27(51)28(52)33(57)40(62-20)66-37-32(56)30(54)35(39(60)61)65-42(37)67-36-31(55)29(53)34(38(58)59)64-41(36)63-26-12-13-45(5)23(46(26,6)19-49)11-14-48(8)24(45)10-9-21-22-17-43(2,3)18-25(50)44(22,4)15-16-47(21,48)7/h9,20,22-37,40-42,49-57H,10-19H2,1-8H3,(H,58,59)(H,60,61)/t20-,22-,23?,24?,25+,26-,27-,28+,29-,30+,31-,32-,33+,34-,35-,36+,37+,40-,41+,42-,44+,45-,46+,47+,48+/m0/s1. The average molecular weight is 957 g/mol. The van der Waals surface area contributed by atoms with Crippen LogP contribution in [0.15, 0.2) is 11.6 Å². The van der Waals surface area contributed by atoms with E-state index >= 15 is 0 Å². The van der Waals surface area contributed by atoms with E-state index in [2.05, 4.69) is 47.6 Å². The van der Waals surface area contributed by atoms with Crippen LogP contribution in [0.25, 0.3) is 0 Å². The Bertz CT molecular complexity index is 1900. The molecule has 382 valence electrons. The smallest absolute Gasteiger partial charge is 0.335 e. The maximum absolute atomic E-state index is 12.5. The van der Waals surface area contributed by atoms with Crippen LogP contribution < -0.4 is 0 Å². The molecule has 3 heterocycles. The largest absolute Gasteiger partial charge is 0.479 e. The van der Waals surface area contributed by atoms with Crippen LogP contribution in [0.2, 0.25) is 0 Å². The Morgan fingerprint density at radius 3 is 1.76 bits per heavy atom. The van der Waals surface area contributed by atoms with Gasteiger partial charge in [-0.05, 0) is 104 Å². The summed E-state index contributed by atoms with van der Waals surface area (Å²) in [5.41, 5.74) is -0.239. The number of aliphatic carboxylic acids is 2. The number of carbonyl (C=O) groups is 2. The van der Waals surface area contributed by atoms with Crippen LogP contribution in [-0.2, 0) is 38.0 Å². The zero-order chi connectivity index (χ0) is 49.3. The van der Waals surface area contributed by atoms with Crippen molar-refractivity contribution in [2.45, 2.75) is 218 Å². The van der Waals surface area contributed by atoms with Gasteiger partial charge in [-0.2, -0.15) is 0 Å². The molecular weight excluding hydrogens is 881 g/mol. The van der Waals surface area contributed by atoms with Crippen molar-refractivity contribution in [3.63, 3.8) is 0 Å². The van der Waals surface area contributed by atoms with Crippen LogP contribution in [0.3, 0.4) is 0 Å². The molecule has 67 heavy (non-hydrogen) atoms. The van der Waals surface area contributed by atoms with Crippen molar-refractivity contribution >= 4 is 11.9 Å². The molecule has 25 atom stereocenters. The van der Waals surface area contributed by atoms with Crippen molar-refractivity contribution in [2.75, 3.05) is 6.61 Å². The second kappa shape index (κ2) is 17.7. The Kier molecular flexibility index (Phi) is 13.6. The van der Waals surface area contributed by atoms with E-state index in [0.717, 1.165) is 44.9 Å². The highest BCUT2D eigenvalue weighted by Gasteiger charge is 2.70. The van der Waals surface area contributed by atoms with E-state index in [1.807, 2.05) is 6.92 Å². The molecule has 0 bridgehead atoms. The van der Waals surface area contributed by atoms with Gasteiger partial charge in [-0.3, -0.25) is 0 Å². The van der Waals surface area contributed by atoms with Gasteiger partial charge in [0.05, 0.1) is 24.9 Å². The number of ether oxygens (including phenoxy) is 6. The molecule has 3 aliphatic heterocycles. The number of hydrogen-bond donors (Lipinski definition) is 11. The second-order valence-electron chi connectivity index (χ2n) is 23.6. The van der Waals surface area contributed by atoms with Crippen molar-refractivity contribution in [3.05, 3.63) is 11.6 Å². The fourth-order valence-electron chi connectivity index (χ4n) is 15.1. The van der Waals surface area contributed by atoms with Crippen molar-refractivity contribution in [1.82, 2.24) is 0 Å². The van der Waals surface area contributed by atoms with E-state index in [4.69, 9.17) is 28.4 Å². The molecule has 0 aromatic rings. The maximum atomic E-state index is 12.5. The molecular formula is C48H76O19. The molecule has 0 spiro atoms. The Morgan fingerprint density at radius 1 is 0.627 bits per heavy atom. The minimum atomic E-state index is -2.16. The summed E-state index contributed by atoms with van der Waals surface area (Å²) in [4.78, 5) is 24.7. The highest BCUT2D eigenvalue weighted by Crippen LogP contribution is 2.76. The molecule has 11 N–H and O–H groups in total. The molecule has 0 radical (unpaired) electrons.